The van der Waals surface area contributed by atoms with Crippen LogP contribution in [0, 0.1) is 12.8 Å². The van der Waals surface area contributed by atoms with Gasteiger partial charge in [0.25, 0.3) is 0 Å². The quantitative estimate of drug-likeness (QED) is 0.585. The molecule has 4 rings (SSSR count). The van der Waals surface area contributed by atoms with Crippen LogP contribution >= 0.6 is 0 Å². The molecule has 1 amide bonds. The Bertz CT molecular complexity index is 947. The second-order valence-electron chi connectivity index (χ2n) is 8.21. The molecule has 1 fully saturated rings. The van der Waals surface area contributed by atoms with Gasteiger partial charge in [0.2, 0.25) is 5.91 Å². The fourth-order valence-electron chi connectivity index (χ4n) is 4.25. The van der Waals surface area contributed by atoms with Gasteiger partial charge in [-0.25, -0.2) is 0 Å². The number of hydrogen-bond acceptors (Lipinski definition) is 4. The van der Waals surface area contributed by atoms with Crippen LogP contribution in [0.4, 0.5) is 0 Å². The van der Waals surface area contributed by atoms with Crippen LogP contribution in [0.15, 0.2) is 53.1 Å². The van der Waals surface area contributed by atoms with Gasteiger partial charge < -0.3 is 9.73 Å². The number of rotatable bonds is 8. The molecule has 2 aromatic heterocycles. The zero-order valence-electron chi connectivity index (χ0n) is 17.6. The van der Waals surface area contributed by atoms with Crippen molar-refractivity contribution in [2.45, 2.75) is 45.7 Å². The number of H-pyrrole nitrogens is 1. The summed E-state index contributed by atoms with van der Waals surface area (Å²) in [4.78, 5) is 14.7. The Morgan fingerprint density at radius 2 is 2.13 bits per heavy atom. The molecule has 6 heteroatoms. The van der Waals surface area contributed by atoms with E-state index in [0.29, 0.717) is 18.9 Å². The Kier molecular flexibility index (Phi) is 6.64. The van der Waals surface area contributed by atoms with E-state index in [9.17, 15) is 4.79 Å². The highest BCUT2D eigenvalue weighted by atomic mass is 16.3. The average molecular weight is 407 g/mol. The minimum atomic E-state index is 0.0994. The van der Waals surface area contributed by atoms with Crippen molar-refractivity contribution >= 4 is 5.91 Å². The SMILES string of the molecule is Cc1ccc(CNC(=O)CCC2CCCN(Cc3cn[nH]c3-c3ccccc3)C2)o1. The van der Waals surface area contributed by atoms with E-state index < -0.39 is 0 Å². The summed E-state index contributed by atoms with van der Waals surface area (Å²) >= 11 is 0. The molecule has 2 N–H and O–H groups in total. The molecule has 158 valence electrons. The second-order valence-corrected chi connectivity index (χ2v) is 8.21. The molecular formula is C24H30N4O2. The zero-order valence-corrected chi connectivity index (χ0v) is 17.6. The van der Waals surface area contributed by atoms with Gasteiger partial charge in [-0.3, -0.25) is 14.8 Å². The molecule has 1 aliphatic rings. The summed E-state index contributed by atoms with van der Waals surface area (Å²) in [5.41, 5.74) is 3.50. The van der Waals surface area contributed by atoms with Crippen molar-refractivity contribution in [1.82, 2.24) is 20.4 Å². The van der Waals surface area contributed by atoms with Crippen molar-refractivity contribution in [3.63, 3.8) is 0 Å². The van der Waals surface area contributed by atoms with E-state index in [4.69, 9.17) is 4.42 Å². The van der Waals surface area contributed by atoms with Crippen LogP contribution in [-0.2, 0) is 17.9 Å². The van der Waals surface area contributed by atoms with Crippen LogP contribution in [0.3, 0.4) is 0 Å². The summed E-state index contributed by atoms with van der Waals surface area (Å²) in [6.07, 6.45) is 5.81. The predicted octanol–water partition coefficient (Wildman–Crippen LogP) is 4.29. The molecule has 1 aromatic carbocycles. The summed E-state index contributed by atoms with van der Waals surface area (Å²) in [7, 11) is 0. The molecule has 0 aliphatic carbocycles. The van der Waals surface area contributed by atoms with Crippen molar-refractivity contribution in [2.75, 3.05) is 13.1 Å². The summed E-state index contributed by atoms with van der Waals surface area (Å²) in [6.45, 7) is 5.39. The minimum absolute atomic E-state index is 0.0994. The van der Waals surface area contributed by atoms with E-state index in [2.05, 4.69) is 44.7 Å². The smallest absolute Gasteiger partial charge is 0.220 e. The third kappa shape index (κ3) is 5.39. The lowest BCUT2D eigenvalue weighted by Gasteiger charge is -2.32. The van der Waals surface area contributed by atoms with Crippen LogP contribution in [0.1, 0.15) is 42.8 Å². The lowest BCUT2D eigenvalue weighted by molar-refractivity contribution is -0.121. The molecule has 0 spiro atoms. The predicted molar refractivity (Wildman–Crippen MR) is 117 cm³/mol. The molecule has 1 aliphatic heterocycles. The number of likely N-dealkylation sites (tertiary alicyclic amines) is 1. The van der Waals surface area contributed by atoms with Gasteiger partial charge in [-0.2, -0.15) is 5.10 Å². The third-order valence-electron chi connectivity index (χ3n) is 5.81. The summed E-state index contributed by atoms with van der Waals surface area (Å²) < 4.78 is 5.50. The number of aryl methyl sites for hydroxylation is 1. The van der Waals surface area contributed by atoms with Gasteiger partial charge in [-0.1, -0.05) is 30.3 Å². The lowest BCUT2D eigenvalue weighted by atomic mass is 9.93. The van der Waals surface area contributed by atoms with Gasteiger partial charge in [0.05, 0.1) is 18.4 Å². The first-order valence-electron chi connectivity index (χ1n) is 10.8. The normalized spacial score (nSPS) is 17.2. The number of aromatic nitrogens is 2. The van der Waals surface area contributed by atoms with E-state index in [-0.39, 0.29) is 5.91 Å². The molecule has 1 unspecified atom stereocenters. The number of furan rings is 1. The number of aromatic amines is 1. The van der Waals surface area contributed by atoms with Gasteiger partial charge >= 0.3 is 0 Å². The van der Waals surface area contributed by atoms with E-state index in [1.54, 1.807) is 0 Å². The van der Waals surface area contributed by atoms with Crippen LogP contribution in [-0.4, -0.2) is 34.1 Å². The number of carbonyl (C=O) groups is 1. The molecule has 3 aromatic rings. The van der Waals surface area contributed by atoms with Gasteiger partial charge in [0.1, 0.15) is 11.5 Å². The summed E-state index contributed by atoms with van der Waals surface area (Å²) in [5, 5.41) is 10.4. The Labute approximate surface area is 177 Å². The van der Waals surface area contributed by atoms with Gasteiger partial charge in [0.15, 0.2) is 0 Å². The maximum absolute atomic E-state index is 12.2. The first kappa shape index (κ1) is 20.4. The highest BCUT2D eigenvalue weighted by Crippen LogP contribution is 2.26. The molecule has 30 heavy (non-hydrogen) atoms. The molecule has 3 heterocycles. The second kappa shape index (κ2) is 9.76. The maximum Gasteiger partial charge on any atom is 0.220 e. The van der Waals surface area contributed by atoms with E-state index in [1.165, 1.54) is 24.0 Å². The molecule has 0 radical (unpaired) electrons. The van der Waals surface area contributed by atoms with Crippen LogP contribution in [0.25, 0.3) is 11.3 Å². The van der Waals surface area contributed by atoms with E-state index in [0.717, 1.165) is 43.3 Å². The molecule has 0 saturated carbocycles. The average Bonchev–Trinajstić information content (AvgIpc) is 3.40. The van der Waals surface area contributed by atoms with Gasteiger partial charge in [-0.05, 0) is 56.3 Å². The highest BCUT2D eigenvalue weighted by Gasteiger charge is 2.22. The number of nitrogens with one attached hydrogen (secondary N) is 2. The van der Waals surface area contributed by atoms with Gasteiger partial charge in [0, 0.05) is 25.1 Å². The monoisotopic (exact) mass is 406 g/mol. The van der Waals surface area contributed by atoms with Crippen LogP contribution in [0.5, 0.6) is 0 Å². The molecule has 6 nitrogen and oxygen atoms in total. The number of amides is 1. The third-order valence-corrected chi connectivity index (χ3v) is 5.81. The first-order valence-corrected chi connectivity index (χ1v) is 10.8. The lowest BCUT2D eigenvalue weighted by Crippen LogP contribution is -2.35. The fourth-order valence-corrected chi connectivity index (χ4v) is 4.25. The summed E-state index contributed by atoms with van der Waals surface area (Å²) in [6, 6.07) is 14.2. The fraction of sp³-hybridized carbons (Fsp3) is 0.417. The van der Waals surface area contributed by atoms with Crippen molar-refractivity contribution < 1.29 is 9.21 Å². The van der Waals surface area contributed by atoms with Crippen molar-refractivity contribution in [1.29, 1.82) is 0 Å². The Hall–Kier alpha value is -2.86. The Balaban J connectivity index is 1.25. The highest BCUT2D eigenvalue weighted by molar-refractivity contribution is 5.75. The number of nitrogens with zero attached hydrogens (tertiary/aromatic N) is 2. The van der Waals surface area contributed by atoms with Crippen LogP contribution in [0.2, 0.25) is 0 Å². The number of hydrogen-bond donors (Lipinski definition) is 2. The number of piperidine rings is 1. The molecule has 1 atom stereocenters. The van der Waals surface area contributed by atoms with Gasteiger partial charge in [-0.15, -0.1) is 0 Å². The zero-order chi connectivity index (χ0) is 20.8. The standard InChI is InChI=1S/C24H30N4O2/c1-18-9-11-22(30-18)15-25-23(29)12-10-19-6-5-13-28(16-19)17-21-14-26-27-24(21)20-7-3-2-4-8-20/h2-4,7-9,11,14,19H,5-6,10,12-13,15-17H2,1H3,(H,25,29)(H,26,27). The van der Waals surface area contributed by atoms with Crippen molar-refractivity contribution in [3.05, 3.63) is 65.7 Å². The Morgan fingerprint density at radius 1 is 1.27 bits per heavy atom. The molecular weight excluding hydrogens is 376 g/mol. The first-order chi connectivity index (χ1) is 14.7. The van der Waals surface area contributed by atoms with Crippen molar-refractivity contribution in [2.24, 2.45) is 5.92 Å². The van der Waals surface area contributed by atoms with Crippen molar-refractivity contribution in [3.8, 4) is 11.3 Å². The number of carbonyl (C=O) groups excluding carboxylic acids is 1. The Morgan fingerprint density at radius 3 is 2.93 bits per heavy atom. The van der Waals surface area contributed by atoms with E-state index in [1.807, 2.05) is 31.3 Å². The molecule has 0 bridgehead atoms. The molecule has 1 saturated heterocycles. The number of benzene rings is 1. The summed E-state index contributed by atoms with van der Waals surface area (Å²) in [5.74, 6) is 2.33. The largest absolute Gasteiger partial charge is 0.465 e. The topological polar surface area (TPSA) is 74.2 Å². The van der Waals surface area contributed by atoms with E-state index >= 15 is 0 Å². The minimum Gasteiger partial charge on any atom is -0.465 e. The maximum atomic E-state index is 12.2. The van der Waals surface area contributed by atoms with Crippen LogP contribution < -0.4 is 5.32 Å².